The fourth-order valence-electron chi connectivity index (χ4n) is 2.12. The molecule has 0 bridgehead atoms. The molecule has 26 heavy (non-hydrogen) atoms. The number of carbonyl (C=O) groups is 2. The van der Waals surface area contributed by atoms with E-state index in [-0.39, 0.29) is 29.6 Å². The van der Waals surface area contributed by atoms with Crippen molar-refractivity contribution in [3.05, 3.63) is 46.8 Å². The van der Waals surface area contributed by atoms with Crippen LogP contribution < -0.4 is 9.46 Å². The van der Waals surface area contributed by atoms with Gasteiger partial charge >= 0.3 is 5.97 Å². The van der Waals surface area contributed by atoms with Crippen molar-refractivity contribution >= 4 is 33.1 Å². The van der Waals surface area contributed by atoms with Crippen LogP contribution in [0.2, 0.25) is 0 Å². The van der Waals surface area contributed by atoms with E-state index in [1.807, 2.05) is 0 Å². The Bertz CT molecular complexity index is 875. The number of esters is 1. The number of carbonyl (C=O) groups excluding carboxylic acids is 2. The highest BCUT2D eigenvalue weighted by Gasteiger charge is 2.16. The van der Waals surface area contributed by atoms with E-state index < -0.39 is 16.0 Å². The lowest BCUT2D eigenvalue weighted by atomic mass is 10.1. The first kappa shape index (κ1) is 20.1. The van der Waals surface area contributed by atoms with Crippen LogP contribution in [0.3, 0.4) is 0 Å². The van der Waals surface area contributed by atoms with Gasteiger partial charge in [0.1, 0.15) is 16.6 Å². The molecule has 0 atom stereocenters. The normalized spacial score (nSPS) is 11.2. The second-order valence-electron chi connectivity index (χ2n) is 5.32. The molecule has 2 aromatic rings. The van der Waals surface area contributed by atoms with Gasteiger partial charge in [-0.1, -0.05) is 6.07 Å². The summed E-state index contributed by atoms with van der Waals surface area (Å²) in [6.45, 7) is 1.31. The Labute approximate surface area is 156 Å². The Hall–Kier alpha value is -2.23. The lowest BCUT2D eigenvalue weighted by Crippen LogP contribution is -2.26. The van der Waals surface area contributed by atoms with Crippen molar-refractivity contribution in [2.45, 2.75) is 24.2 Å². The van der Waals surface area contributed by atoms with Gasteiger partial charge in [-0.05, 0) is 36.6 Å². The number of sulfonamides is 1. The second kappa shape index (κ2) is 8.93. The molecule has 1 heterocycles. The number of ketones is 1. The molecule has 0 aliphatic rings. The van der Waals surface area contributed by atoms with Gasteiger partial charge in [0.25, 0.3) is 0 Å². The fraction of sp³-hybridized carbons (Fsp3) is 0.294. The maximum atomic E-state index is 11.9. The minimum absolute atomic E-state index is 0.0658. The zero-order valence-electron chi connectivity index (χ0n) is 14.4. The van der Waals surface area contributed by atoms with E-state index in [1.165, 1.54) is 20.1 Å². The molecule has 0 amide bonds. The number of Topliss-reactive ketones (excluding diaryl/α,β-unsaturated/α-hetero) is 1. The van der Waals surface area contributed by atoms with Crippen LogP contribution in [-0.2, 0) is 26.2 Å². The quantitative estimate of drug-likeness (QED) is 0.515. The highest BCUT2D eigenvalue weighted by Crippen LogP contribution is 2.21. The summed E-state index contributed by atoms with van der Waals surface area (Å²) in [4.78, 5) is 23.3. The van der Waals surface area contributed by atoms with Crippen LogP contribution in [0.15, 0.2) is 39.9 Å². The zero-order valence-corrected chi connectivity index (χ0v) is 16.0. The molecule has 0 unspecified atom stereocenters. The SMILES string of the molecule is COc1ccc(C(C)=O)cc1COC(=O)CCNS(=O)(=O)c1cccs1. The summed E-state index contributed by atoms with van der Waals surface area (Å²) in [6, 6.07) is 7.99. The largest absolute Gasteiger partial charge is 0.496 e. The molecule has 1 aromatic heterocycles. The molecule has 0 spiro atoms. The minimum Gasteiger partial charge on any atom is -0.496 e. The molecule has 0 radical (unpaired) electrons. The molecule has 1 aromatic carbocycles. The van der Waals surface area contributed by atoms with Crippen LogP contribution in [0.4, 0.5) is 0 Å². The van der Waals surface area contributed by atoms with Crippen LogP contribution in [0.1, 0.15) is 29.3 Å². The maximum Gasteiger partial charge on any atom is 0.307 e. The van der Waals surface area contributed by atoms with Crippen LogP contribution in [0.5, 0.6) is 5.75 Å². The van der Waals surface area contributed by atoms with Gasteiger partial charge in [0, 0.05) is 17.7 Å². The number of methoxy groups -OCH3 is 1. The van der Waals surface area contributed by atoms with Gasteiger partial charge in [0.2, 0.25) is 10.0 Å². The van der Waals surface area contributed by atoms with E-state index in [4.69, 9.17) is 9.47 Å². The van der Waals surface area contributed by atoms with E-state index in [1.54, 1.807) is 29.6 Å². The number of benzene rings is 1. The van der Waals surface area contributed by atoms with Gasteiger partial charge in [-0.15, -0.1) is 11.3 Å². The second-order valence-corrected chi connectivity index (χ2v) is 8.26. The predicted octanol–water partition coefficient (Wildman–Crippen LogP) is 2.37. The summed E-state index contributed by atoms with van der Waals surface area (Å²) in [6.07, 6.45) is -0.112. The lowest BCUT2D eigenvalue weighted by molar-refractivity contribution is -0.144. The molecule has 0 aliphatic heterocycles. The number of nitrogens with one attached hydrogen (secondary N) is 1. The van der Waals surface area contributed by atoms with Crippen molar-refractivity contribution in [2.24, 2.45) is 0 Å². The van der Waals surface area contributed by atoms with E-state index in [2.05, 4.69) is 4.72 Å². The van der Waals surface area contributed by atoms with Gasteiger partial charge in [-0.2, -0.15) is 0 Å². The van der Waals surface area contributed by atoms with E-state index in [0.717, 1.165) is 11.3 Å². The Balaban J connectivity index is 1.87. The predicted molar refractivity (Wildman–Crippen MR) is 96.9 cm³/mol. The number of ether oxygens (including phenoxy) is 2. The van der Waals surface area contributed by atoms with Gasteiger partial charge < -0.3 is 9.47 Å². The zero-order chi connectivity index (χ0) is 19.2. The van der Waals surface area contributed by atoms with Crippen LogP contribution >= 0.6 is 11.3 Å². The molecule has 0 fully saturated rings. The highest BCUT2D eigenvalue weighted by molar-refractivity contribution is 7.91. The smallest absolute Gasteiger partial charge is 0.307 e. The van der Waals surface area contributed by atoms with Gasteiger partial charge in [-0.3, -0.25) is 9.59 Å². The third-order valence-corrected chi connectivity index (χ3v) is 6.32. The molecular formula is C17H19NO6S2. The number of hydrogen-bond donors (Lipinski definition) is 1. The Morgan fingerprint density at radius 3 is 2.62 bits per heavy atom. The number of rotatable bonds is 9. The molecule has 140 valence electrons. The highest BCUT2D eigenvalue weighted by atomic mass is 32.2. The molecule has 0 saturated carbocycles. The standard InChI is InChI=1S/C17H19NO6S2/c1-12(19)13-5-6-15(23-2)14(10-13)11-24-16(20)7-8-18-26(21,22)17-4-3-9-25-17/h3-6,9-10,18H,7-8,11H2,1-2H3. The molecule has 2 rings (SSSR count). The summed E-state index contributed by atoms with van der Waals surface area (Å²) < 4.78 is 36.8. The monoisotopic (exact) mass is 397 g/mol. The molecule has 0 saturated heterocycles. The van der Waals surface area contributed by atoms with Crippen molar-refractivity contribution in [1.82, 2.24) is 4.72 Å². The molecule has 0 aliphatic carbocycles. The number of hydrogen-bond acceptors (Lipinski definition) is 7. The summed E-state index contributed by atoms with van der Waals surface area (Å²) in [5.74, 6) is -0.168. The third kappa shape index (κ3) is 5.38. The summed E-state index contributed by atoms with van der Waals surface area (Å²) in [5, 5.41) is 1.66. The van der Waals surface area contributed by atoms with Crippen molar-refractivity contribution in [3.8, 4) is 5.75 Å². The van der Waals surface area contributed by atoms with Crippen LogP contribution in [0.25, 0.3) is 0 Å². The molecule has 9 heteroatoms. The summed E-state index contributed by atoms with van der Waals surface area (Å²) >= 11 is 1.10. The third-order valence-electron chi connectivity index (χ3n) is 3.46. The summed E-state index contributed by atoms with van der Waals surface area (Å²) in [7, 11) is -2.12. The van der Waals surface area contributed by atoms with Crippen molar-refractivity contribution in [3.63, 3.8) is 0 Å². The van der Waals surface area contributed by atoms with Crippen molar-refractivity contribution < 1.29 is 27.5 Å². The van der Waals surface area contributed by atoms with Crippen molar-refractivity contribution in [2.75, 3.05) is 13.7 Å². The topological polar surface area (TPSA) is 98.8 Å². The van der Waals surface area contributed by atoms with Crippen LogP contribution in [0, 0.1) is 0 Å². The lowest BCUT2D eigenvalue weighted by Gasteiger charge is -2.11. The van der Waals surface area contributed by atoms with E-state index in [9.17, 15) is 18.0 Å². The Kier molecular flexibility index (Phi) is 6.90. The maximum absolute atomic E-state index is 11.9. The molecule has 7 nitrogen and oxygen atoms in total. The fourth-order valence-corrected chi connectivity index (χ4v) is 4.19. The average molecular weight is 397 g/mol. The van der Waals surface area contributed by atoms with Gasteiger partial charge in [-0.25, -0.2) is 13.1 Å². The Morgan fingerprint density at radius 1 is 1.23 bits per heavy atom. The average Bonchev–Trinajstić information content (AvgIpc) is 3.15. The van der Waals surface area contributed by atoms with E-state index in [0.29, 0.717) is 16.9 Å². The van der Waals surface area contributed by atoms with E-state index >= 15 is 0 Å². The molecular weight excluding hydrogens is 378 g/mol. The van der Waals surface area contributed by atoms with Crippen molar-refractivity contribution in [1.29, 1.82) is 0 Å². The number of thiophene rings is 1. The first-order valence-electron chi connectivity index (χ1n) is 7.70. The Morgan fingerprint density at radius 2 is 2.00 bits per heavy atom. The van der Waals surface area contributed by atoms with Gasteiger partial charge in [0.15, 0.2) is 5.78 Å². The summed E-state index contributed by atoms with van der Waals surface area (Å²) in [5.41, 5.74) is 1.05. The first-order chi connectivity index (χ1) is 12.3. The van der Waals surface area contributed by atoms with Crippen LogP contribution in [-0.4, -0.2) is 33.8 Å². The minimum atomic E-state index is -3.60. The van der Waals surface area contributed by atoms with Gasteiger partial charge in [0.05, 0.1) is 13.5 Å². The first-order valence-corrected chi connectivity index (χ1v) is 10.1. The molecule has 1 N–H and O–H groups in total.